The maximum absolute atomic E-state index is 12.3. The van der Waals surface area contributed by atoms with Crippen molar-refractivity contribution in [2.75, 3.05) is 53.7 Å². The van der Waals surface area contributed by atoms with Crippen molar-refractivity contribution >= 4 is 57.9 Å². The molecule has 2 N–H and O–H groups in total. The Kier molecular flexibility index (Phi) is 8.56. The molecule has 0 bridgehead atoms. The van der Waals surface area contributed by atoms with Gasteiger partial charge in [-0.3, -0.25) is 4.79 Å². The van der Waals surface area contributed by atoms with Crippen LogP contribution >= 0.6 is 23.2 Å². The van der Waals surface area contributed by atoms with Crippen molar-refractivity contribution in [2.45, 2.75) is 6.92 Å². The number of nitrogens with zero attached hydrogens (tertiary/aromatic N) is 3. The van der Waals surface area contributed by atoms with Gasteiger partial charge in [0.25, 0.3) is 0 Å². The van der Waals surface area contributed by atoms with Crippen molar-refractivity contribution < 1.29 is 4.79 Å². The number of halogens is 2. The number of nitrogens with one attached hydrogen (secondary N) is 2. The summed E-state index contributed by atoms with van der Waals surface area (Å²) >= 11 is 13.0. The van der Waals surface area contributed by atoms with E-state index in [4.69, 9.17) is 23.2 Å². The van der Waals surface area contributed by atoms with Gasteiger partial charge in [-0.25, -0.2) is 0 Å². The molecule has 0 spiro atoms. The Morgan fingerprint density at radius 1 is 0.727 bits per heavy atom. The van der Waals surface area contributed by atoms with Crippen molar-refractivity contribution in [3.05, 3.63) is 112 Å². The van der Waals surface area contributed by atoms with Gasteiger partial charge in [-0.1, -0.05) is 47.5 Å². The van der Waals surface area contributed by atoms with E-state index in [0.29, 0.717) is 15.9 Å². The lowest BCUT2D eigenvalue weighted by Crippen LogP contribution is -2.46. The fourth-order valence-electron chi connectivity index (χ4n) is 6.01. The van der Waals surface area contributed by atoms with Crippen LogP contribution in [0.1, 0.15) is 16.1 Å². The van der Waals surface area contributed by atoms with Crippen molar-refractivity contribution in [3.8, 4) is 22.3 Å². The fraction of sp³-hybridized carbons (Fsp3) is 0.194. The van der Waals surface area contributed by atoms with E-state index in [0.717, 1.165) is 77.5 Å². The van der Waals surface area contributed by atoms with Gasteiger partial charge in [0.05, 0.1) is 5.69 Å². The lowest BCUT2D eigenvalue weighted by Gasteiger charge is -2.37. The minimum absolute atomic E-state index is 0.520. The molecule has 224 valence electrons. The van der Waals surface area contributed by atoms with E-state index in [1.165, 1.54) is 11.3 Å². The number of carbonyl (C=O) groups is 1. The van der Waals surface area contributed by atoms with Crippen molar-refractivity contribution in [3.63, 3.8) is 0 Å². The van der Waals surface area contributed by atoms with Crippen LogP contribution in [0.4, 0.5) is 28.4 Å². The Labute approximate surface area is 268 Å². The van der Waals surface area contributed by atoms with Crippen molar-refractivity contribution in [1.29, 1.82) is 0 Å². The summed E-state index contributed by atoms with van der Waals surface area (Å²) in [5, 5.41) is 7.89. The Balaban J connectivity index is 1.17. The van der Waals surface area contributed by atoms with Crippen LogP contribution in [-0.4, -0.2) is 44.1 Å². The summed E-state index contributed by atoms with van der Waals surface area (Å²) in [4.78, 5) is 17.1. The second kappa shape index (κ2) is 12.7. The molecule has 0 radical (unpaired) electrons. The van der Waals surface area contributed by atoms with E-state index in [-0.39, 0.29) is 0 Å². The normalized spacial score (nSPS) is 13.2. The number of rotatable bonds is 8. The van der Waals surface area contributed by atoms with E-state index in [2.05, 4.69) is 88.0 Å². The second-order valence-corrected chi connectivity index (χ2v) is 11.9. The number of aromatic nitrogens is 1. The molecular formula is C36H35Cl2N5O. The zero-order valence-electron chi connectivity index (χ0n) is 25.1. The van der Waals surface area contributed by atoms with Crippen LogP contribution in [0.15, 0.2) is 91.0 Å². The monoisotopic (exact) mass is 623 g/mol. The number of aldehydes is 1. The largest absolute Gasteiger partial charge is 0.388 e. The molecule has 0 saturated carbocycles. The highest BCUT2D eigenvalue weighted by Crippen LogP contribution is 2.42. The van der Waals surface area contributed by atoms with Gasteiger partial charge < -0.3 is 25.0 Å². The van der Waals surface area contributed by atoms with Crippen LogP contribution < -0.4 is 20.4 Å². The molecule has 8 heteroatoms. The Morgan fingerprint density at radius 2 is 1.39 bits per heavy atom. The van der Waals surface area contributed by atoms with Gasteiger partial charge in [0.2, 0.25) is 0 Å². The van der Waals surface area contributed by atoms with Crippen LogP contribution in [0.25, 0.3) is 22.3 Å². The van der Waals surface area contributed by atoms with Crippen LogP contribution in [0, 0.1) is 6.92 Å². The average Bonchev–Trinajstić information content (AvgIpc) is 3.31. The third-order valence-corrected chi connectivity index (χ3v) is 9.10. The van der Waals surface area contributed by atoms with E-state index in [9.17, 15) is 4.79 Å². The summed E-state index contributed by atoms with van der Waals surface area (Å²) in [5.41, 5.74) is 10.9. The van der Waals surface area contributed by atoms with Gasteiger partial charge >= 0.3 is 0 Å². The molecule has 1 fully saturated rings. The van der Waals surface area contributed by atoms with E-state index in [1.807, 2.05) is 44.4 Å². The van der Waals surface area contributed by atoms with Crippen LogP contribution in [-0.2, 0) is 7.05 Å². The number of carbonyl (C=O) groups excluding carboxylic acids is 1. The predicted octanol–water partition coefficient (Wildman–Crippen LogP) is 8.90. The first-order valence-electron chi connectivity index (χ1n) is 14.7. The van der Waals surface area contributed by atoms with Crippen molar-refractivity contribution in [1.82, 2.24) is 4.57 Å². The summed E-state index contributed by atoms with van der Waals surface area (Å²) in [6.07, 6.45) is 0.882. The van der Waals surface area contributed by atoms with Crippen LogP contribution in [0.2, 0.25) is 10.2 Å². The highest BCUT2D eigenvalue weighted by Gasteiger charge is 2.24. The number of anilines is 5. The molecular weight excluding hydrogens is 589 g/mol. The maximum atomic E-state index is 12.3. The molecule has 0 unspecified atom stereocenters. The summed E-state index contributed by atoms with van der Waals surface area (Å²) in [7, 11) is 3.76. The number of hydrogen-bond donors (Lipinski definition) is 2. The van der Waals surface area contributed by atoms with Gasteiger partial charge in [0.1, 0.15) is 5.15 Å². The number of benzene rings is 4. The van der Waals surface area contributed by atoms with Crippen LogP contribution in [0.5, 0.6) is 0 Å². The zero-order valence-corrected chi connectivity index (χ0v) is 26.6. The second-order valence-electron chi connectivity index (χ2n) is 11.1. The molecule has 5 aromatic rings. The molecule has 4 aromatic carbocycles. The highest BCUT2D eigenvalue weighted by molar-refractivity contribution is 6.34. The van der Waals surface area contributed by atoms with E-state index < -0.39 is 0 Å². The van der Waals surface area contributed by atoms with Gasteiger partial charge in [-0.15, -0.1) is 0 Å². The molecule has 6 rings (SSSR count). The first-order valence-corrected chi connectivity index (χ1v) is 15.5. The minimum atomic E-state index is 0.520. The first kappa shape index (κ1) is 29.7. The molecule has 1 saturated heterocycles. The third kappa shape index (κ3) is 5.88. The Hall–Kier alpha value is -4.39. The van der Waals surface area contributed by atoms with Gasteiger partial charge in [0.15, 0.2) is 6.29 Å². The third-order valence-electron chi connectivity index (χ3n) is 8.41. The number of hydrogen-bond acceptors (Lipinski definition) is 5. The van der Waals surface area contributed by atoms with Gasteiger partial charge in [-0.2, -0.15) is 0 Å². The lowest BCUT2D eigenvalue weighted by atomic mass is 9.96. The first-order chi connectivity index (χ1) is 21.4. The minimum Gasteiger partial charge on any atom is -0.388 e. The van der Waals surface area contributed by atoms with Crippen molar-refractivity contribution in [2.24, 2.45) is 7.05 Å². The summed E-state index contributed by atoms with van der Waals surface area (Å²) in [6.45, 7) is 5.71. The lowest BCUT2D eigenvalue weighted by molar-refractivity contribution is 0.111. The smallest absolute Gasteiger partial charge is 0.167 e. The standard InChI is InChI=1S/C36H35Cl2N5O/c1-24-21-29(13-16-32(24)39-2)40-28-11-14-30(15-12-28)42-17-19-43(20-18-42)31-6-4-5-26(22-31)34-33(23-44)41(3)36(38)35(34)25-7-9-27(37)10-8-25/h4-16,21-23,39-40H,17-20H2,1-3H3. The topological polar surface area (TPSA) is 52.5 Å². The van der Waals surface area contributed by atoms with E-state index >= 15 is 0 Å². The van der Waals surface area contributed by atoms with Gasteiger partial charge in [-0.05, 0) is 90.3 Å². The average molecular weight is 625 g/mol. The summed E-state index contributed by atoms with van der Waals surface area (Å²) in [6, 6.07) is 30.9. The zero-order chi connectivity index (χ0) is 30.8. The van der Waals surface area contributed by atoms with Crippen LogP contribution in [0.3, 0.4) is 0 Å². The fourth-order valence-corrected chi connectivity index (χ4v) is 6.43. The molecule has 2 heterocycles. The summed E-state index contributed by atoms with van der Waals surface area (Å²) in [5.74, 6) is 0. The number of aryl methyl sites for hydroxylation is 1. The SMILES string of the molecule is CNc1ccc(Nc2ccc(N3CCN(c4cccc(-c5c(-c6ccc(Cl)cc6)c(Cl)n(C)c5C=O)c4)CC3)cc2)cc1C. The van der Waals surface area contributed by atoms with Gasteiger partial charge in [0, 0.05) is 84.9 Å². The molecule has 1 aliphatic rings. The molecule has 44 heavy (non-hydrogen) atoms. The molecule has 6 nitrogen and oxygen atoms in total. The maximum Gasteiger partial charge on any atom is 0.167 e. The van der Waals surface area contributed by atoms with E-state index in [1.54, 1.807) is 4.57 Å². The molecule has 0 aliphatic carbocycles. The highest BCUT2D eigenvalue weighted by atomic mass is 35.5. The molecule has 1 aliphatic heterocycles. The molecule has 0 atom stereocenters. The molecule has 0 amide bonds. The Morgan fingerprint density at radius 3 is 2.02 bits per heavy atom. The Bertz CT molecular complexity index is 1790. The predicted molar refractivity (Wildman–Crippen MR) is 187 cm³/mol. The quantitative estimate of drug-likeness (QED) is 0.169. The molecule has 1 aromatic heterocycles. The summed E-state index contributed by atoms with van der Waals surface area (Å²) < 4.78 is 1.75. The number of piperazine rings is 1.